The Hall–Kier alpha value is -2.15. The summed E-state index contributed by atoms with van der Waals surface area (Å²) in [7, 11) is 0. The van der Waals surface area contributed by atoms with Gasteiger partial charge >= 0.3 is 0 Å². The minimum atomic E-state index is -0.455. The molecule has 3 rings (SSSR count). The molecule has 1 saturated heterocycles. The van der Waals surface area contributed by atoms with Gasteiger partial charge in [0.25, 0.3) is 11.8 Å². The number of benzene rings is 1. The van der Waals surface area contributed by atoms with Crippen LogP contribution in [0, 0.1) is 5.82 Å². The average Bonchev–Trinajstić information content (AvgIpc) is 3.10. The molecule has 120 valence electrons. The third-order valence-corrected chi connectivity index (χ3v) is 4.44. The zero-order valence-corrected chi connectivity index (χ0v) is 13.8. The number of hydrogen-bond acceptors (Lipinski definition) is 3. The van der Waals surface area contributed by atoms with Crippen LogP contribution in [0.2, 0.25) is 0 Å². The molecule has 0 unspecified atom stereocenters. The van der Waals surface area contributed by atoms with Crippen molar-refractivity contribution in [2.24, 2.45) is 0 Å². The monoisotopic (exact) mass is 380 g/mol. The molecule has 5 nitrogen and oxygen atoms in total. The summed E-state index contributed by atoms with van der Waals surface area (Å²) >= 11 is 3.27. The van der Waals surface area contributed by atoms with Gasteiger partial charge in [0.1, 0.15) is 5.82 Å². The molecule has 0 atom stereocenters. The largest absolute Gasteiger partial charge is 0.459 e. The SMILES string of the molecule is O=C(c1ccco1)N1CCN(C(=O)c2cc(F)ccc2Br)CC1. The van der Waals surface area contributed by atoms with E-state index in [-0.39, 0.29) is 23.1 Å². The maximum Gasteiger partial charge on any atom is 0.289 e. The summed E-state index contributed by atoms with van der Waals surface area (Å²) in [5, 5.41) is 0. The Bertz CT molecular complexity index is 725. The van der Waals surface area contributed by atoms with Crippen LogP contribution in [0.15, 0.2) is 45.5 Å². The van der Waals surface area contributed by atoms with Gasteiger partial charge < -0.3 is 14.2 Å². The number of piperazine rings is 1. The first-order chi connectivity index (χ1) is 11.1. The highest BCUT2D eigenvalue weighted by Gasteiger charge is 2.27. The summed E-state index contributed by atoms with van der Waals surface area (Å²) < 4.78 is 19.0. The van der Waals surface area contributed by atoms with Gasteiger partial charge in [0.15, 0.2) is 5.76 Å². The number of carbonyl (C=O) groups is 2. The summed E-state index contributed by atoms with van der Waals surface area (Å²) in [5.41, 5.74) is 0.288. The van der Waals surface area contributed by atoms with Crippen molar-refractivity contribution in [3.05, 3.63) is 58.2 Å². The van der Waals surface area contributed by atoms with Gasteiger partial charge in [0.2, 0.25) is 0 Å². The molecule has 0 N–H and O–H groups in total. The molecule has 7 heteroatoms. The van der Waals surface area contributed by atoms with Gasteiger partial charge in [-0.25, -0.2) is 4.39 Å². The minimum absolute atomic E-state index is 0.186. The second kappa shape index (κ2) is 6.54. The molecule has 0 bridgehead atoms. The van der Waals surface area contributed by atoms with Gasteiger partial charge in [0, 0.05) is 30.7 Å². The van der Waals surface area contributed by atoms with E-state index in [9.17, 15) is 14.0 Å². The lowest BCUT2D eigenvalue weighted by molar-refractivity contribution is 0.0517. The first-order valence-electron chi connectivity index (χ1n) is 7.13. The van der Waals surface area contributed by atoms with Crippen LogP contribution >= 0.6 is 15.9 Å². The van der Waals surface area contributed by atoms with E-state index < -0.39 is 5.82 Å². The molecule has 23 heavy (non-hydrogen) atoms. The normalized spacial score (nSPS) is 14.9. The third-order valence-electron chi connectivity index (χ3n) is 3.74. The van der Waals surface area contributed by atoms with E-state index in [2.05, 4.69) is 15.9 Å². The Balaban J connectivity index is 1.66. The standard InChI is InChI=1S/C16H14BrFN2O3/c17-13-4-3-11(18)10-12(13)15(21)19-5-7-20(8-6-19)16(22)14-2-1-9-23-14/h1-4,9-10H,5-8H2. The van der Waals surface area contributed by atoms with Crippen molar-refractivity contribution in [2.45, 2.75) is 0 Å². The van der Waals surface area contributed by atoms with Crippen LogP contribution in [-0.4, -0.2) is 47.8 Å². The van der Waals surface area contributed by atoms with Gasteiger partial charge in [-0.2, -0.15) is 0 Å². The number of rotatable bonds is 2. The summed E-state index contributed by atoms with van der Waals surface area (Å²) in [6, 6.07) is 7.30. The molecule has 0 spiro atoms. The molecule has 2 heterocycles. The predicted molar refractivity (Wildman–Crippen MR) is 84.6 cm³/mol. The maximum atomic E-state index is 13.3. The molecule has 0 aliphatic carbocycles. The second-order valence-electron chi connectivity index (χ2n) is 5.19. The van der Waals surface area contributed by atoms with E-state index in [0.29, 0.717) is 30.7 Å². The summed E-state index contributed by atoms with van der Waals surface area (Å²) in [4.78, 5) is 27.9. The highest BCUT2D eigenvalue weighted by atomic mass is 79.9. The van der Waals surface area contributed by atoms with E-state index in [1.165, 1.54) is 24.5 Å². The summed E-state index contributed by atoms with van der Waals surface area (Å²) in [6.07, 6.45) is 1.45. The van der Waals surface area contributed by atoms with Crippen LogP contribution in [0.25, 0.3) is 0 Å². The zero-order valence-electron chi connectivity index (χ0n) is 12.2. The van der Waals surface area contributed by atoms with Gasteiger partial charge in [-0.15, -0.1) is 0 Å². The fourth-order valence-electron chi connectivity index (χ4n) is 2.50. The fraction of sp³-hybridized carbons (Fsp3) is 0.250. The smallest absolute Gasteiger partial charge is 0.289 e. The molecule has 1 aliphatic rings. The first kappa shape index (κ1) is 15.7. The van der Waals surface area contributed by atoms with Gasteiger partial charge in [0.05, 0.1) is 11.8 Å². The zero-order chi connectivity index (χ0) is 16.4. The van der Waals surface area contributed by atoms with Crippen molar-refractivity contribution in [2.75, 3.05) is 26.2 Å². The van der Waals surface area contributed by atoms with Crippen LogP contribution < -0.4 is 0 Å². The number of amides is 2. The van der Waals surface area contributed by atoms with Crippen molar-refractivity contribution in [3.63, 3.8) is 0 Å². The van der Waals surface area contributed by atoms with E-state index in [1.54, 1.807) is 21.9 Å². The lowest BCUT2D eigenvalue weighted by Gasteiger charge is -2.34. The number of nitrogens with zero attached hydrogens (tertiary/aromatic N) is 2. The van der Waals surface area contributed by atoms with E-state index in [0.717, 1.165) is 0 Å². The van der Waals surface area contributed by atoms with Crippen molar-refractivity contribution >= 4 is 27.7 Å². The topological polar surface area (TPSA) is 53.8 Å². The predicted octanol–water partition coefficient (Wildman–Crippen LogP) is 2.78. The number of furan rings is 1. The van der Waals surface area contributed by atoms with Crippen molar-refractivity contribution in [1.82, 2.24) is 9.80 Å². The van der Waals surface area contributed by atoms with Crippen LogP contribution in [0.3, 0.4) is 0 Å². The fourth-order valence-corrected chi connectivity index (χ4v) is 2.92. The third kappa shape index (κ3) is 3.29. The van der Waals surface area contributed by atoms with E-state index >= 15 is 0 Å². The van der Waals surface area contributed by atoms with Crippen molar-refractivity contribution < 1.29 is 18.4 Å². The Kier molecular flexibility index (Phi) is 4.47. The first-order valence-corrected chi connectivity index (χ1v) is 7.92. The maximum absolute atomic E-state index is 13.3. The molecular weight excluding hydrogens is 367 g/mol. The molecule has 2 aromatic rings. The molecule has 1 aromatic carbocycles. The summed E-state index contributed by atoms with van der Waals surface area (Å²) in [6.45, 7) is 1.62. The lowest BCUT2D eigenvalue weighted by Crippen LogP contribution is -2.50. The number of halogens is 2. The average molecular weight is 381 g/mol. The van der Waals surface area contributed by atoms with Gasteiger partial charge in [-0.05, 0) is 46.3 Å². The van der Waals surface area contributed by atoms with E-state index in [4.69, 9.17) is 4.42 Å². The number of hydrogen-bond donors (Lipinski definition) is 0. The quantitative estimate of drug-likeness (QED) is 0.804. The Morgan fingerprint density at radius 2 is 1.70 bits per heavy atom. The Labute approximate surface area is 140 Å². The van der Waals surface area contributed by atoms with Gasteiger partial charge in [-0.3, -0.25) is 9.59 Å². The van der Waals surface area contributed by atoms with Crippen molar-refractivity contribution in [3.8, 4) is 0 Å². The van der Waals surface area contributed by atoms with Crippen LogP contribution in [0.1, 0.15) is 20.9 Å². The molecule has 0 saturated carbocycles. The molecule has 0 radical (unpaired) electrons. The van der Waals surface area contributed by atoms with Crippen LogP contribution in [0.4, 0.5) is 4.39 Å². The van der Waals surface area contributed by atoms with Gasteiger partial charge in [-0.1, -0.05) is 0 Å². The molecule has 2 amide bonds. The highest BCUT2D eigenvalue weighted by molar-refractivity contribution is 9.10. The van der Waals surface area contributed by atoms with Crippen LogP contribution in [0.5, 0.6) is 0 Å². The number of carbonyl (C=O) groups excluding carboxylic acids is 2. The van der Waals surface area contributed by atoms with Crippen molar-refractivity contribution in [1.29, 1.82) is 0 Å². The highest BCUT2D eigenvalue weighted by Crippen LogP contribution is 2.20. The summed E-state index contributed by atoms with van der Waals surface area (Å²) in [5.74, 6) is -0.601. The lowest BCUT2D eigenvalue weighted by atomic mass is 10.1. The van der Waals surface area contributed by atoms with Crippen LogP contribution in [-0.2, 0) is 0 Å². The Morgan fingerprint density at radius 3 is 2.30 bits per heavy atom. The Morgan fingerprint density at radius 1 is 1.04 bits per heavy atom. The molecule has 1 fully saturated rings. The molecule has 1 aromatic heterocycles. The second-order valence-corrected chi connectivity index (χ2v) is 6.04. The minimum Gasteiger partial charge on any atom is -0.459 e. The van der Waals surface area contributed by atoms with E-state index in [1.807, 2.05) is 0 Å². The molecule has 1 aliphatic heterocycles. The molecular formula is C16H14BrFN2O3.